The van der Waals surface area contributed by atoms with E-state index < -0.39 is 11.6 Å². The predicted molar refractivity (Wildman–Crippen MR) is 85.3 cm³/mol. The van der Waals surface area contributed by atoms with Crippen LogP contribution in [-0.2, 0) is 9.47 Å². The fourth-order valence-corrected chi connectivity index (χ4v) is 3.69. The topological polar surface area (TPSA) is 18.5 Å². The number of hydrogen-bond acceptors (Lipinski definition) is 2. The molecule has 3 rings (SSSR count). The van der Waals surface area contributed by atoms with Crippen molar-refractivity contribution in [3.8, 4) is 0 Å². The summed E-state index contributed by atoms with van der Waals surface area (Å²) in [6, 6.07) is 3.01. The summed E-state index contributed by atoms with van der Waals surface area (Å²) >= 11 is 0. The average Bonchev–Trinajstić information content (AvgIpc) is 2.59. The van der Waals surface area contributed by atoms with Crippen LogP contribution in [0, 0.1) is 30.4 Å². The van der Waals surface area contributed by atoms with Gasteiger partial charge in [0.25, 0.3) is 0 Å². The van der Waals surface area contributed by atoms with Gasteiger partial charge in [0.1, 0.15) is 11.6 Å². The first-order valence-electron chi connectivity index (χ1n) is 8.77. The van der Waals surface area contributed by atoms with Crippen molar-refractivity contribution in [1.29, 1.82) is 0 Å². The van der Waals surface area contributed by atoms with E-state index in [1.54, 1.807) is 0 Å². The monoisotopic (exact) mass is 324 g/mol. The molecule has 0 amide bonds. The van der Waals surface area contributed by atoms with Crippen molar-refractivity contribution in [2.45, 2.75) is 58.2 Å². The Balaban J connectivity index is 1.56. The molecule has 23 heavy (non-hydrogen) atoms. The van der Waals surface area contributed by atoms with Crippen LogP contribution in [0.2, 0.25) is 0 Å². The van der Waals surface area contributed by atoms with E-state index in [4.69, 9.17) is 9.47 Å². The summed E-state index contributed by atoms with van der Waals surface area (Å²) in [5.74, 6) is 0.284. The lowest BCUT2D eigenvalue weighted by atomic mass is 9.78. The molecule has 2 nitrogen and oxygen atoms in total. The van der Waals surface area contributed by atoms with Crippen molar-refractivity contribution < 1.29 is 18.3 Å². The maximum Gasteiger partial charge on any atom is 0.160 e. The fourth-order valence-electron chi connectivity index (χ4n) is 3.69. The minimum Gasteiger partial charge on any atom is -0.352 e. The van der Waals surface area contributed by atoms with E-state index in [1.807, 2.05) is 0 Å². The minimum atomic E-state index is -0.438. The van der Waals surface area contributed by atoms with E-state index in [-0.39, 0.29) is 17.8 Å². The molecule has 1 aromatic rings. The first-order chi connectivity index (χ1) is 11.1. The van der Waals surface area contributed by atoms with Crippen LogP contribution in [0.5, 0.6) is 0 Å². The molecule has 1 aliphatic carbocycles. The third-order valence-corrected chi connectivity index (χ3v) is 5.50. The van der Waals surface area contributed by atoms with E-state index in [9.17, 15) is 8.78 Å². The number of ether oxygens (including phenoxy) is 2. The summed E-state index contributed by atoms with van der Waals surface area (Å²) in [7, 11) is 0. The first-order valence-corrected chi connectivity index (χ1v) is 8.77. The molecule has 2 aliphatic rings. The molecule has 0 unspecified atom stereocenters. The van der Waals surface area contributed by atoms with Gasteiger partial charge < -0.3 is 9.47 Å². The van der Waals surface area contributed by atoms with Crippen LogP contribution in [0.4, 0.5) is 8.78 Å². The molecule has 128 valence electrons. The fraction of sp³-hybridized carbons (Fsp3) is 0.684. The Morgan fingerprint density at radius 3 is 2.09 bits per heavy atom. The zero-order valence-corrected chi connectivity index (χ0v) is 14.0. The minimum absolute atomic E-state index is 0.0924. The molecule has 1 saturated carbocycles. The standard InChI is InChI=1S/C19H26F2O2/c1-3-13-10-22-19(23-11-13)15-6-4-14(5-7-15)16-8-17(20)12(2)18(21)9-16/h8-9,13-15,19H,3-7,10-11H2,1-2H3. The molecular formula is C19H26F2O2. The predicted octanol–water partition coefficient (Wildman–Crippen LogP) is 4.95. The molecule has 1 aromatic carbocycles. The molecule has 0 bridgehead atoms. The summed E-state index contributed by atoms with van der Waals surface area (Å²) in [5.41, 5.74) is 0.900. The molecule has 1 saturated heterocycles. The van der Waals surface area contributed by atoms with Gasteiger partial charge in [0.2, 0.25) is 0 Å². The highest BCUT2D eigenvalue weighted by molar-refractivity contribution is 5.28. The van der Waals surface area contributed by atoms with E-state index in [0.717, 1.165) is 50.9 Å². The van der Waals surface area contributed by atoms with Gasteiger partial charge in [-0.1, -0.05) is 6.92 Å². The molecule has 1 aliphatic heterocycles. The molecule has 0 N–H and O–H groups in total. The van der Waals surface area contributed by atoms with E-state index in [2.05, 4.69) is 6.92 Å². The second-order valence-corrected chi connectivity index (χ2v) is 7.03. The summed E-state index contributed by atoms with van der Waals surface area (Å²) in [4.78, 5) is 0. The highest BCUT2D eigenvalue weighted by Gasteiger charge is 2.32. The van der Waals surface area contributed by atoms with Gasteiger partial charge in [-0.2, -0.15) is 0 Å². The van der Waals surface area contributed by atoms with Crippen molar-refractivity contribution in [1.82, 2.24) is 0 Å². The van der Waals surface area contributed by atoms with Gasteiger partial charge in [-0.15, -0.1) is 0 Å². The lowest BCUT2D eigenvalue weighted by Crippen LogP contribution is -2.38. The quantitative estimate of drug-likeness (QED) is 0.783. The molecule has 2 fully saturated rings. The number of rotatable bonds is 3. The van der Waals surface area contributed by atoms with Gasteiger partial charge in [-0.05, 0) is 62.6 Å². The Hall–Kier alpha value is -1.00. The zero-order chi connectivity index (χ0) is 16.4. The van der Waals surface area contributed by atoms with Crippen molar-refractivity contribution in [2.75, 3.05) is 13.2 Å². The Morgan fingerprint density at radius 2 is 1.57 bits per heavy atom. The van der Waals surface area contributed by atoms with Gasteiger partial charge in [0.05, 0.1) is 13.2 Å². The average molecular weight is 324 g/mol. The van der Waals surface area contributed by atoms with Crippen molar-refractivity contribution in [2.24, 2.45) is 11.8 Å². The zero-order valence-electron chi connectivity index (χ0n) is 14.0. The van der Waals surface area contributed by atoms with Gasteiger partial charge in [0, 0.05) is 17.4 Å². The van der Waals surface area contributed by atoms with Gasteiger partial charge in [-0.3, -0.25) is 0 Å². The highest BCUT2D eigenvalue weighted by Crippen LogP contribution is 2.39. The molecule has 1 heterocycles. The normalized spacial score (nSPS) is 32.0. The van der Waals surface area contributed by atoms with Crippen LogP contribution in [0.15, 0.2) is 12.1 Å². The van der Waals surface area contributed by atoms with Crippen LogP contribution < -0.4 is 0 Å². The number of benzene rings is 1. The smallest absolute Gasteiger partial charge is 0.160 e. The number of halogens is 2. The summed E-state index contributed by atoms with van der Waals surface area (Å²) in [6.07, 6.45) is 4.85. The van der Waals surface area contributed by atoms with E-state index >= 15 is 0 Å². The van der Waals surface area contributed by atoms with Crippen LogP contribution in [-0.4, -0.2) is 19.5 Å². The Labute approximate surface area is 137 Å². The molecular weight excluding hydrogens is 298 g/mol. The Morgan fingerprint density at radius 1 is 1.00 bits per heavy atom. The summed E-state index contributed by atoms with van der Waals surface area (Å²) in [6.45, 7) is 5.21. The number of hydrogen-bond donors (Lipinski definition) is 0. The van der Waals surface area contributed by atoms with Crippen molar-refractivity contribution in [3.05, 3.63) is 34.9 Å². The molecule has 4 heteroatoms. The molecule has 0 radical (unpaired) electrons. The van der Waals surface area contributed by atoms with Crippen LogP contribution in [0.1, 0.15) is 56.1 Å². The maximum atomic E-state index is 13.8. The second kappa shape index (κ2) is 7.27. The molecule has 0 aromatic heterocycles. The van der Waals surface area contributed by atoms with E-state index in [1.165, 1.54) is 19.1 Å². The highest BCUT2D eigenvalue weighted by atomic mass is 19.1. The summed E-state index contributed by atoms with van der Waals surface area (Å²) in [5, 5.41) is 0. The van der Waals surface area contributed by atoms with Gasteiger partial charge >= 0.3 is 0 Å². The third-order valence-electron chi connectivity index (χ3n) is 5.50. The molecule has 0 atom stereocenters. The van der Waals surface area contributed by atoms with Crippen LogP contribution >= 0.6 is 0 Å². The second-order valence-electron chi connectivity index (χ2n) is 7.03. The van der Waals surface area contributed by atoms with E-state index in [0.29, 0.717) is 11.8 Å². The van der Waals surface area contributed by atoms with Crippen molar-refractivity contribution in [3.63, 3.8) is 0 Å². The van der Waals surface area contributed by atoms with Crippen LogP contribution in [0.25, 0.3) is 0 Å². The lowest BCUT2D eigenvalue weighted by Gasteiger charge is -2.37. The largest absolute Gasteiger partial charge is 0.352 e. The van der Waals surface area contributed by atoms with Crippen molar-refractivity contribution >= 4 is 0 Å². The SMILES string of the molecule is CCC1COC(C2CCC(c3cc(F)c(C)c(F)c3)CC2)OC1. The maximum absolute atomic E-state index is 13.8. The third kappa shape index (κ3) is 3.74. The molecule has 0 spiro atoms. The van der Waals surface area contributed by atoms with Crippen LogP contribution in [0.3, 0.4) is 0 Å². The first kappa shape index (κ1) is 16.8. The van der Waals surface area contributed by atoms with Gasteiger partial charge in [0.15, 0.2) is 6.29 Å². The Kier molecular flexibility index (Phi) is 5.32. The van der Waals surface area contributed by atoms with Gasteiger partial charge in [-0.25, -0.2) is 8.78 Å². The lowest BCUT2D eigenvalue weighted by molar-refractivity contribution is -0.228. The Bertz CT molecular complexity index is 507. The summed E-state index contributed by atoms with van der Waals surface area (Å²) < 4.78 is 39.3.